The average molecular weight is 274 g/mol. The van der Waals surface area contributed by atoms with E-state index in [0.717, 1.165) is 21.9 Å². The van der Waals surface area contributed by atoms with Crippen LogP contribution in [-0.2, 0) is 7.05 Å². The van der Waals surface area contributed by atoms with E-state index < -0.39 is 0 Å². The summed E-state index contributed by atoms with van der Waals surface area (Å²) in [7, 11) is 1.87. The van der Waals surface area contributed by atoms with Crippen LogP contribution < -0.4 is 5.32 Å². The van der Waals surface area contributed by atoms with Crippen LogP contribution in [0.2, 0.25) is 0 Å². The van der Waals surface area contributed by atoms with Crippen molar-refractivity contribution in [1.82, 2.24) is 24.7 Å². The summed E-state index contributed by atoms with van der Waals surface area (Å²) < 4.78 is 1.74. The van der Waals surface area contributed by atoms with Crippen LogP contribution >= 0.6 is 11.3 Å². The first kappa shape index (κ1) is 12.0. The van der Waals surface area contributed by atoms with E-state index in [2.05, 4.69) is 39.2 Å². The maximum absolute atomic E-state index is 4.39. The largest absolute Gasteiger partial charge is 0.360 e. The summed E-state index contributed by atoms with van der Waals surface area (Å²) in [5, 5.41) is 9.54. The van der Waals surface area contributed by atoms with Gasteiger partial charge in [-0.3, -0.25) is 4.68 Å². The van der Waals surface area contributed by atoms with E-state index in [9.17, 15) is 0 Å². The molecule has 3 heterocycles. The third kappa shape index (κ3) is 2.17. The molecule has 0 spiro atoms. The average Bonchev–Trinajstić information content (AvgIpc) is 2.98. The van der Waals surface area contributed by atoms with Gasteiger partial charge in [-0.1, -0.05) is 0 Å². The van der Waals surface area contributed by atoms with Gasteiger partial charge in [-0.2, -0.15) is 5.10 Å². The van der Waals surface area contributed by atoms with Crippen LogP contribution in [0.25, 0.3) is 11.0 Å². The Morgan fingerprint density at radius 1 is 1.26 bits per heavy atom. The minimum atomic E-state index is 0.108. The second kappa shape index (κ2) is 4.58. The fourth-order valence-electron chi connectivity index (χ4n) is 1.92. The zero-order valence-electron chi connectivity index (χ0n) is 11.0. The normalized spacial score (nSPS) is 12.8. The number of rotatable bonds is 3. The number of fused-ring (bicyclic) bond motifs is 1. The van der Waals surface area contributed by atoms with Crippen molar-refractivity contribution in [3.8, 4) is 0 Å². The van der Waals surface area contributed by atoms with Gasteiger partial charge in [-0.25, -0.2) is 15.0 Å². The quantitative estimate of drug-likeness (QED) is 0.793. The van der Waals surface area contributed by atoms with Gasteiger partial charge >= 0.3 is 0 Å². The standard InChI is InChI=1S/C12H14N6S/c1-7-4-13-12(19-7)8(2)17-10-9-5-16-18(3)11(9)15-6-14-10/h4-6,8H,1-3H3,(H,14,15,17). The summed E-state index contributed by atoms with van der Waals surface area (Å²) in [6.07, 6.45) is 5.21. The van der Waals surface area contributed by atoms with Crippen molar-refractivity contribution in [1.29, 1.82) is 0 Å². The van der Waals surface area contributed by atoms with Gasteiger partial charge in [0.2, 0.25) is 0 Å². The highest BCUT2D eigenvalue weighted by Gasteiger charge is 2.13. The van der Waals surface area contributed by atoms with E-state index in [4.69, 9.17) is 0 Å². The number of hydrogen-bond donors (Lipinski definition) is 1. The van der Waals surface area contributed by atoms with Crippen molar-refractivity contribution in [3.63, 3.8) is 0 Å². The van der Waals surface area contributed by atoms with Crippen molar-refractivity contribution in [2.75, 3.05) is 5.32 Å². The minimum Gasteiger partial charge on any atom is -0.360 e. The summed E-state index contributed by atoms with van der Waals surface area (Å²) >= 11 is 1.69. The summed E-state index contributed by atoms with van der Waals surface area (Å²) in [5.74, 6) is 0.790. The van der Waals surface area contributed by atoms with E-state index in [1.165, 1.54) is 4.88 Å². The molecule has 0 fully saturated rings. The highest BCUT2D eigenvalue weighted by atomic mass is 32.1. The molecule has 3 aromatic rings. The Hall–Kier alpha value is -2.02. The van der Waals surface area contributed by atoms with Gasteiger partial charge in [-0.15, -0.1) is 11.3 Å². The lowest BCUT2D eigenvalue weighted by atomic mass is 10.3. The lowest BCUT2D eigenvalue weighted by Crippen LogP contribution is -2.08. The van der Waals surface area contributed by atoms with Gasteiger partial charge in [0.25, 0.3) is 0 Å². The Labute approximate surface area is 114 Å². The number of aryl methyl sites for hydroxylation is 2. The Balaban J connectivity index is 1.93. The molecule has 7 heteroatoms. The lowest BCUT2D eigenvalue weighted by Gasteiger charge is -2.12. The highest BCUT2D eigenvalue weighted by molar-refractivity contribution is 7.11. The molecule has 0 aliphatic rings. The maximum Gasteiger partial charge on any atom is 0.163 e. The van der Waals surface area contributed by atoms with Crippen molar-refractivity contribution in [2.45, 2.75) is 19.9 Å². The first-order chi connectivity index (χ1) is 9.15. The second-order valence-electron chi connectivity index (χ2n) is 4.40. The molecule has 1 unspecified atom stereocenters. The van der Waals surface area contributed by atoms with Gasteiger partial charge in [0.15, 0.2) is 5.65 Å². The SMILES string of the molecule is Cc1cnc(C(C)Nc2ncnc3c2cnn3C)s1. The molecule has 0 bridgehead atoms. The molecular weight excluding hydrogens is 260 g/mol. The van der Waals surface area contributed by atoms with E-state index in [0.29, 0.717) is 0 Å². The number of aromatic nitrogens is 5. The monoisotopic (exact) mass is 274 g/mol. The van der Waals surface area contributed by atoms with E-state index in [-0.39, 0.29) is 6.04 Å². The van der Waals surface area contributed by atoms with Gasteiger partial charge in [0.05, 0.1) is 17.6 Å². The van der Waals surface area contributed by atoms with E-state index >= 15 is 0 Å². The molecule has 0 aliphatic heterocycles. The molecule has 0 saturated carbocycles. The van der Waals surface area contributed by atoms with Crippen LogP contribution in [0, 0.1) is 6.92 Å². The predicted molar refractivity (Wildman–Crippen MR) is 75.2 cm³/mol. The van der Waals surface area contributed by atoms with Gasteiger partial charge < -0.3 is 5.32 Å². The molecule has 3 aromatic heterocycles. The number of thiazole rings is 1. The van der Waals surface area contributed by atoms with Crippen LogP contribution in [0.4, 0.5) is 5.82 Å². The molecule has 0 aromatic carbocycles. The van der Waals surface area contributed by atoms with E-state index in [1.54, 1.807) is 28.5 Å². The molecular formula is C12H14N6S. The minimum absolute atomic E-state index is 0.108. The van der Waals surface area contributed by atoms with E-state index in [1.807, 2.05) is 13.2 Å². The molecule has 3 rings (SSSR count). The summed E-state index contributed by atoms with van der Waals surface area (Å²) in [6.45, 7) is 4.13. The summed E-state index contributed by atoms with van der Waals surface area (Å²) in [6, 6.07) is 0.108. The maximum atomic E-state index is 4.39. The molecule has 0 radical (unpaired) electrons. The van der Waals surface area contributed by atoms with Crippen LogP contribution in [0.15, 0.2) is 18.7 Å². The third-order valence-electron chi connectivity index (χ3n) is 2.89. The third-order valence-corrected chi connectivity index (χ3v) is 3.99. The highest BCUT2D eigenvalue weighted by Crippen LogP contribution is 2.25. The molecule has 0 saturated heterocycles. The van der Waals surface area contributed by atoms with Crippen molar-refractivity contribution >= 4 is 28.2 Å². The summed E-state index contributed by atoms with van der Waals surface area (Å²) in [4.78, 5) is 14.1. The number of nitrogens with zero attached hydrogens (tertiary/aromatic N) is 5. The zero-order chi connectivity index (χ0) is 13.4. The molecule has 19 heavy (non-hydrogen) atoms. The van der Waals surface area contributed by atoms with Crippen LogP contribution in [0.1, 0.15) is 22.9 Å². The number of hydrogen-bond acceptors (Lipinski definition) is 6. The molecule has 0 aliphatic carbocycles. The Kier molecular flexibility index (Phi) is 2.90. The zero-order valence-corrected chi connectivity index (χ0v) is 11.8. The van der Waals surface area contributed by atoms with Gasteiger partial charge in [0.1, 0.15) is 17.2 Å². The molecule has 98 valence electrons. The van der Waals surface area contributed by atoms with Gasteiger partial charge in [0, 0.05) is 18.1 Å². The molecule has 1 atom stereocenters. The first-order valence-electron chi connectivity index (χ1n) is 5.96. The second-order valence-corrected chi connectivity index (χ2v) is 5.67. The Morgan fingerprint density at radius 3 is 2.84 bits per heavy atom. The topological polar surface area (TPSA) is 68.5 Å². The van der Waals surface area contributed by atoms with Crippen LogP contribution in [-0.4, -0.2) is 24.7 Å². The summed E-state index contributed by atoms with van der Waals surface area (Å²) in [5.41, 5.74) is 0.819. The lowest BCUT2D eigenvalue weighted by molar-refractivity contribution is 0.785. The number of anilines is 1. The molecule has 0 amide bonds. The van der Waals surface area contributed by atoms with Crippen molar-refractivity contribution in [2.24, 2.45) is 7.05 Å². The number of nitrogens with one attached hydrogen (secondary N) is 1. The molecule has 6 nitrogen and oxygen atoms in total. The Morgan fingerprint density at radius 2 is 2.11 bits per heavy atom. The van der Waals surface area contributed by atoms with Gasteiger partial charge in [-0.05, 0) is 13.8 Å². The fraction of sp³-hybridized carbons (Fsp3) is 0.333. The van der Waals surface area contributed by atoms with Crippen molar-refractivity contribution < 1.29 is 0 Å². The fourth-order valence-corrected chi connectivity index (χ4v) is 2.69. The first-order valence-corrected chi connectivity index (χ1v) is 6.78. The predicted octanol–water partition coefficient (Wildman–Crippen LogP) is 2.30. The van der Waals surface area contributed by atoms with Crippen LogP contribution in [0.5, 0.6) is 0 Å². The smallest absolute Gasteiger partial charge is 0.163 e. The Bertz CT molecular complexity index is 716. The van der Waals surface area contributed by atoms with Crippen molar-refractivity contribution in [3.05, 3.63) is 28.6 Å². The molecule has 1 N–H and O–H groups in total. The van der Waals surface area contributed by atoms with Crippen LogP contribution in [0.3, 0.4) is 0 Å².